The van der Waals surface area contributed by atoms with Crippen molar-refractivity contribution in [3.8, 4) is 0 Å². The van der Waals surface area contributed by atoms with Gasteiger partial charge in [0.1, 0.15) is 5.56 Å². The van der Waals surface area contributed by atoms with Crippen LogP contribution in [0.25, 0.3) is 0 Å². The van der Waals surface area contributed by atoms with E-state index in [0.29, 0.717) is 44.2 Å². The molecular formula is C29H37ClF3N5O3. The molecule has 0 aromatic heterocycles. The van der Waals surface area contributed by atoms with E-state index in [2.05, 4.69) is 27.2 Å². The first-order valence-corrected chi connectivity index (χ1v) is 14.1. The largest absolute Gasteiger partial charge is 0.423 e. The molecule has 224 valence electrons. The Hall–Kier alpha value is -3.05. The smallest absolute Gasteiger partial charge is 0.382 e. The number of piperidine rings is 1. The standard InChI is InChI=1S/C28H33ClF3N5O3.CH4/c29-21-3-6-24(7-4-21)36-17-19-15-34(16-20(19)18-36)11-1-2-27(38)35-12-9-22(10-13-35)33-23-5-8-26(37(39)40)25(14-23)28(30,31)32;/h3-8,14,19-20,22,33H,1-2,9-13,15-18H2;1H4. The quantitative estimate of drug-likeness (QED) is 0.291. The van der Waals surface area contributed by atoms with Gasteiger partial charge in [0.15, 0.2) is 0 Å². The Morgan fingerprint density at radius 1 is 1.02 bits per heavy atom. The molecule has 3 saturated heterocycles. The zero-order valence-corrected chi connectivity index (χ0v) is 22.8. The van der Waals surface area contributed by atoms with Crippen molar-refractivity contribution in [3.05, 3.63) is 63.2 Å². The van der Waals surface area contributed by atoms with Gasteiger partial charge in [0.25, 0.3) is 5.69 Å². The summed E-state index contributed by atoms with van der Waals surface area (Å²) in [6, 6.07) is 10.9. The second-order valence-corrected chi connectivity index (χ2v) is 11.5. The van der Waals surface area contributed by atoms with Crippen LogP contribution >= 0.6 is 11.6 Å². The van der Waals surface area contributed by atoms with Crippen LogP contribution in [0.4, 0.5) is 30.2 Å². The molecule has 0 spiro atoms. The zero-order valence-electron chi connectivity index (χ0n) is 22.1. The summed E-state index contributed by atoms with van der Waals surface area (Å²) < 4.78 is 39.8. The molecule has 2 atom stereocenters. The van der Waals surface area contributed by atoms with Crippen LogP contribution in [0, 0.1) is 22.0 Å². The van der Waals surface area contributed by atoms with Gasteiger partial charge in [-0.1, -0.05) is 19.0 Å². The maximum Gasteiger partial charge on any atom is 0.423 e. The predicted molar refractivity (Wildman–Crippen MR) is 154 cm³/mol. The van der Waals surface area contributed by atoms with Gasteiger partial charge in [-0.3, -0.25) is 14.9 Å². The van der Waals surface area contributed by atoms with E-state index in [-0.39, 0.29) is 25.1 Å². The van der Waals surface area contributed by atoms with E-state index in [1.165, 1.54) is 11.8 Å². The fourth-order valence-corrected chi connectivity index (χ4v) is 6.39. The Morgan fingerprint density at radius 2 is 1.66 bits per heavy atom. The number of nitro groups is 1. The van der Waals surface area contributed by atoms with Crippen molar-refractivity contribution in [2.75, 3.05) is 56.0 Å². The number of nitrogens with zero attached hydrogens (tertiary/aromatic N) is 4. The first kappa shape index (κ1) is 30.9. The lowest BCUT2D eigenvalue weighted by molar-refractivity contribution is -0.388. The predicted octanol–water partition coefficient (Wildman–Crippen LogP) is 6.15. The van der Waals surface area contributed by atoms with Crippen LogP contribution in [0.1, 0.15) is 38.7 Å². The van der Waals surface area contributed by atoms with E-state index < -0.39 is 22.4 Å². The molecule has 12 heteroatoms. The highest BCUT2D eigenvalue weighted by molar-refractivity contribution is 6.30. The second kappa shape index (κ2) is 12.9. The molecule has 3 fully saturated rings. The van der Waals surface area contributed by atoms with Gasteiger partial charge in [-0.2, -0.15) is 13.2 Å². The summed E-state index contributed by atoms with van der Waals surface area (Å²) >= 11 is 6.02. The first-order valence-electron chi connectivity index (χ1n) is 13.7. The number of likely N-dealkylation sites (tertiary alicyclic amines) is 2. The summed E-state index contributed by atoms with van der Waals surface area (Å²) in [4.78, 5) is 29.5. The molecule has 0 saturated carbocycles. The van der Waals surface area contributed by atoms with Crippen molar-refractivity contribution >= 4 is 34.6 Å². The van der Waals surface area contributed by atoms with Gasteiger partial charge >= 0.3 is 6.18 Å². The third-order valence-electron chi connectivity index (χ3n) is 8.34. The summed E-state index contributed by atoms with van der Waals surface area (Å²) in [5.41, 5.74) is -0.825. The highest BCUT2D eigenvalue weighted by Gasteiger charge is 2.40. The molecule has 0 radical (unpaired) electrons. The molecule has 5 rings (SSSR count). The average molecular weight is 596 g/mol. The molecular weight excluding hydrogens is 559 g/mol. The van der Waals surface area contributed by atoms with Crippen LogP contribution in [-0.2, 0) is 11.0 Å². The lowest BCUT2D eigenvalue weighted by Gasteiger charge is -2.33. The molecule has 1 N–H and O–H groups in total. The molecule has 0 aliphatic carbocycles. The number of nitrogens with one attached hydrogen (secondary N) is 1. The fourth-order valence-electron chi connectivity index (χ4n) is 6.27. The van der Waals surface area contributed by atoms with E-state index in [9.17, 15) is 28.1 Å². The Labute approximate surface area is 243 Å². The number of hydrogen-bond donors (Lipinski definition) is 1. The lowest BCUT2D eigenvalue weighted by atomic mass is 10.0. The first-order chi connectivity index (χ1) is 19.1. The summed E-state index contributed by atoms with van der Waals surface area (Å²) in [6.45, 7) is 6.16. The number of amides is 1. The van der Waals surface area contributed by atoms with E-state index >= 15 is 0 Å². The van der Waals surface area contributed by atoms with Gasteiger partial charge in [0, 0.05) is 74.2 Å². The van der Waals surface area contributed by atoms with Gasteiger partial charge < -0.3 is 20.0 Å². The third kappa shape index (κ3) is 7.43. The summed E-state index contributed by atoms with van der Waals surface area (Å²) in [6.07, 6.45) is -2.33. The van der Waals surface area contributed by atoms with Gasteiger partial charge in [0.05, 0.1) is 4.92 Å². The average Bonchev–Trinajstić information content (AvgIpc) is 3.48. The number of anilines is 2. The number of alkyl halides is 3. The van der Waals surface area contributed by atoms with Crippen LogP contribution in [0.5, 0.6) is 0 Å². The van der Waals surface area contributed by atoms with E-state index in [1.54, 1.807) is 0 Å². The molecule has 1 amide bonds. The minimum atomic E-state index is -4.82. The number of hydrogen-bond acceptors (Lipinski definition) is 6. The molecule has 0 bridgehead atoms. The number of fused-ring (bicyclic) bond motifs is 1. The van der Waals surface area contributed by atoms with Crippen molar-refractivity contribution in [2.45, 2.75) is 45.3 Å². The minimum Gasteiger partial charge on any atom is -0.382 e. The van der Waals surface area contributed by atoms with Crippen molar-refractivity contribution in [1.29, 1.82) is 0 Å². The van der Waals surface area contributed by atoms with Crippen LogP contribution < -0.4 is 10.2 Å². The Morgan fingerprint density at radius 3 is 2.24 bits per heavy atom. The molecule has 3 aliphatic heterocycles. The highest BCUT2D eigenvalue weighted by Crippen LogP contribution is 2.38. The van der Waals surface area contributed by atoms with Crippen molar-refractivity contribution in [1.82, 2.24) is 9.80 Å². The van der Waals surface area contributed by atoms with Crippen LogP contribution in [0.2, 0.25) is 5.02 Å². The van der Waals surface area contributed by atoms with Gasteiger partial charge in [-0.15, -0.1) is 0 Å². The fraction of sp³-hybridized carbons (Fsp3) is 0.552. The molecule has 2 aromatic rings. The lowest BCUT2D eigenvalue weighted by Crippen LogP contribution is -2.42. The van der Waals surface area contributed by atoms with Crippen LogP contribution in [0.3, 0.4) is 0 Å². The third-order valence-corrected chi connectivity index (χ3v) is 8.59. The number of carbonyl (C=O) groups excluding carboxylic acids is 1. The van der Waals surface area contributed by atoms with Gasteiger partial charge in [-0.05, 0) is 74.0 Å². The van der Waals surface area contributed by atoms with E-state index in [4.69, 9.17) is 11.6 Å². The SMILES string of the molecule is C.O=C(CCCN1CC2CN(c3ccc(Cl)cc3)CC2C1)N1CCC(Nc2ccc([N+](=O)[O-])c(C(F)(F)F)c2)CC1. The summed E-state index contributed by atoms with van der Waals surface area (Å²) in [5, 5.41) is 14.8. The van der Waals surface area contributed by atoms with Crippen LogP contribution in [0.15, 0.2) is 42.5 Å². The van der Waals surface area contributed by atoms with Crippen molar-refractivity contribution in [3.63, 3.8) is 0 Å². The number of halogens is 4. The number of nitro benzene ring substituents is 1. The zero-order chi connectivity index (χ0) is 28.4. The molecule has 2 unspecified atom stereocenters. The monoisotopic (exact) mass is 595 g/mol. The molecule has 3 aliphatic rings. The number of carbonyl (C=O) groups is 1. The Bertz CT molecular complexity index is 1210. The maximum absolute atomic E-state index is 13.3. The Kier molecular flexibility index (Phi) is 9.69. The Balaban J connectivity index is 0.00000387. The molecule has 41 heavy (non-hydrogen) atoms. The maximum atomic E-state index is 13.3. The van der Waals surface area contributed by atoms with Crippen molar-refractivity contribution in [2.24, 2.45) is 11.8 Å². The molecule has 3 heterocycles. The molecule has 2 aromatic carbocycles. The normalized spacial score (nSPS) is 21.5. The highest BCUT2D eigenvalue weighted by atomic mass is 35.5. The topological polar surface area (TPSA) is 82.0 Å². The van der Waals surface area contributed by atoms with Gasteiger partial charge in [-0.25, -0.2) is 0 Å². The van der Waals surface area contributed by atoms with E-state index in [1.807, 2.05) is 17.0 Å². The number of benzene rings is 2. The summed E-state index contributed by atoms with van der Waals surface area (Å²) in [7, 11) is 0. The minimum absolute atomic E-state index is 0. The molecule has 8 nitrogen and oxygen atoms in total. The van der Waals surface area contributed by atoms with Crippen LogP contribution in [-0.4, -0.2) is 72.5 Å². The van der Waals surface area contributed by atoms with Crippen molar-refractivity contribution < 1.29 is 22.9 Å². The van der Waals surface area contributed by atoms with Gasteiger partial charge in [0.2, 0.25) is 5.91 Å². The second-order valence-electron chi connectivity index (χ2n) is 11.1. The van der Waals surface area contributed by atoms with E-state index in [0.717, 1.165) is 56.3 Å². The number of rotatable bonds is 8. The summed E-state index contributed by atoms with van der Waals surface area (Å²) in [5.74, 6) is 1.39.